The van der Waals surface area contributed by atoms with Crippen LogP contribution in [0.4, 0.5) is 5.69 Å². The third-order valence-corrected chi connectivity index (χ3v) is 3.21. The van der Waals surface area contributed by atoms with E-state index >= 15 is 0 Å². The van der Waals surface area contributed by atoms with Gasteiger partial charge in [-0.15, -0.1) is 0 Å². The largest absolute Gasteiger partial charge is 0.508 e. The summed E-state index contributed by atoms with van der Waals surface area (Å²) < 4.78 is 0. The van der Waals surface area contributed by atoms with E-state index in [0.717, 1.165) is 0 Å². The first-order valence-corrected chi connectivity index (χ1v) is 6.37. The lowest BCUT2D eigenvalue weighted by Gasteiger charge is -2.14. The van der Waals surface area contributed by atoms with Crippen LogP contribution >= 0.6 is 0 Å². The van der Waals surface area contributed by atoms with Crippen LogP contribution in [0.3, 0.4) is 0 Å². The van der Waals surface area contributed by atoms with Crippen LogP contribution in [0, 0.1) is 6.92 Å². The molecule has 0 bridgehead atoms. The number of hydrogen-bond acceptors (Lipinski definition) is 3. The van der Waals surface area contributed by atoms with Crippen LogP contribution in [-0.4, -0.2) is 16.1 Å². The van der Waals surface area contributed by atoms with Gasteiger partial charge in [0, 0.05) is 22.4 Å². The Morgan fingerprint density at radius 1 is 1.15 bits per heavy atom. The summed E-state index contributed by atoms with van der Waals surface area (Å²) in [5.74, 6) is -0.229. The van der Waals surface area contributed by atoms with E-state index in [9.17, 15) is 15.0 Å². The number of para-hydroxylation sites is 1. The molecule has 0 spiro atoms. The van der Waals surface area contributed by atoms with Gasteiger partial charge in [0.2, 0.25) is 0 Å². The van der Waals surface area contributed by atoms with E-state index in [-0.39, 0.29) is 11.7 Å². The molecule has 104 valence electrons. The van der Waals surface area contributed by atoms with E-state index in [4.69, 9.17) is 0 Å². The van der Waals surface area contributed by atoms with E-state index in [2.05, 4.69) is 5.32 Å². The fourth-order valence-corrected chi connectivity index (χ4v) is 2.03. The van der Waals surface area contributed by atoms with E-state index in [1.807, 2.05) is 0 Å². The highest BCUT2D eigenvalue weighted by atomic mass is 16.3. The molecule has 0 fully saturated rings. The zero-order valence-electron chi connectivity index (χ0n) is 11.4. The van der Waals surface area contributed by atoms with Gasteiger partial charge in [-0.25, -0.2) is 0 Å². The zero-order valence-corrected chi connectivity index (χ0v) is 11.4. The van der Waals surface area contributed by atoms with Gasteiger partial charge in [0.05, 0.1) is 6.10 Å². The molecule has 0 heterocycles. The number of benzene rings is 2. The van der Waals surface area contributed by atoms with Crippen molar-refractivity contribution in [2.24, 2.45) is 0 Å². The number of carbonyl (C=O) groups excluding carboxylic acids is 1. The molecule has 0 radical (unpaired) electrons. The van der Waals surface area contributed by atoms with Crippen LogP contribution < -0.4 is 5.32 Å². The van der Waals surface area contributed by atoms with Crippen molar-refractivity contribution in [3.63, 3.8) is 0 Å². The third-order valence-electron chi connectivity index (χ3n) is 3.21. The molecule has 2 aromatic carbocycles. The highest BCUT2D eigenvalue weighted by Crippen LogP contribution is 2.24. The number of aliphatic hydroxyl groups excluding tert-OH is 1. The highest BCUT2D eigenvalue weighted by molar-refractivity contribution is 6.06. The van der Waals surface area contributed by atoms with Crippen LogP contribution in [0.2, 0.25) is 0 Å². The molecular formula is C16H17NO3. The summed E-state index contributed by atoms with van der Waals surface area (Å²) in [5, 5.41) is 22.1. The average molecular weight is 271 g/mol. The van der Waals surface area contributed by atoms with Gasteiger partial charge in [-0.3, -0.25) is 4.79 Å². The third kappa shape index (κ3) is 2.81. The van der Waals surface area contributed by atoms with E-state index in [0.29, 0.717) is 22.4 Å². The number of carbonyl (C=O) groups is 1. The van der Waals surface area contributed by atoms with Crippen LogP contribution in [0.15, 0.2) is 42.5 Å². The van der Waals surface area contributed by atoms with E-state index in [1.54, 1.807) is 50.2 Å². The molecule has 1 atom stereocenters. The molecule has 3 N–H and O–H groups in total. The highest BCUT2D eigenvalue weighted by Gasteiger charge is 2.14. The van der Waals surface area contributed by atoms with E-state index < -0.39 is 6.10 Å². The maximum Gasteiger partial charge on any atom is 0.256 e. The van der Waals surface area contributed by atoms with Crippen molar-refractivity contribution in [1.82, 2.24) is 0 Å². The maximum absolute atomic E-state index is 12.3. The van der Waals surface area contributed by atoms with Crippen molar-refractivity contribution < 1.29 is 15.0 Å². The lowest BCUT2D eigenvalue weighted by Crippen LogP contribution is -2.15. The predicted molar refractivity (Wildman–Crippen MR) is 77.9 cm³/mol. The molecule has 20 heavy (non-hydrogen) atoms. The number of phenolic OH excluding ortho intramolecular Hbond substituents is 1. The number of nitrogens with one attached hydrogen (secondary N) is 1. The molecule has 4 nitrogen and oxygen atoms in total. The molecule has 1 amide bonds. The van der Waals surface area contributed by atoms with Crippen molar-refractivity contribution in [1.29, 1.82) is 0 Å². The minimum atomic E-state index is -0.670. The van der Waals surface area contributed by atoms with Gasteiger partial charge >= 0.3 is 0 Å². The maximum atomic E-state index is 12.3. The van der Waals surface area contributed by atoms with Gasteiger partial charge in [0.15, 0.2) is 0 Å². The molecule has 0 aliphatic rings. The number of hydrogen-bond donors (Lipinski definition) is 3. The van der Waals surface area contributed by atoms with Crippen LogP contribution in [0.1, 0.15) is 34.5 Å². The Kier molecular flexibility index (Phi) is 4.05. The number of amides is 1. The average Bonchev–Trinajstić information content (AvgIpc) is 2.42. The van der Waals surface area contributed by atoms with Gasteiger partial charge in [0.25, 0.3) is 5.91 Å². The fraction of sp³-hybridized carbons (Fsp3) is 0.188. The number of phenols is 1. The van der Waals surface area contributed by atoms with Gasteiger partial charge in [0.1, 0.15) is 5.75 Å². The standard InChI is InChI=1S/C16H17NO3/c1-10-12(7-5-9-15(10)19)16(20)17-14-8-4-3-6-13(14)11(2)18/h3-9,11,18-19H,1-2H3,(H,17,20). The molecule has 0 saturated heterocycles. The van der Waals surface area contributed by atoms with Crippen molar-refractivity contribution in [3.8, 4) is 5.75 Å². The van der Waals surface area contributed by atoms with Gasteiger partial charge in [-0.2, -0.15) is 0 Å². The Hall–Kier alpha value is -2.33. The van der Waals surface area contributed by atoms with Crippen LogP contribution in [-0.2, 0) is 0 Å². The van der Waals surface area contributed by atoms with Crippen LogP contribution in [0.25, 0.3) is 0 Å². The number of anilines is 1. The Morgan fingerprint density at radius 3 is 2.55 bits per heavy atom. The second-order valence-electron chi connectivity index (χ2n) is 4.67. The monoisotopic (exact) mass is 271 g/mol. The summed E-state index contributed by atoms with van der Waals surface area (Å²) in [4.78, 5) is 12.3. The van der Waals surface area contributed by atoms with Crippen LogP contribution in [0.5, 0.6) is 5.75 Å². The van der Waals surface area contributed by atoms with Crippen molar-refractivity contribution in [3.05, 3.63) is 59.2 Å². The Labute approximate surface area is 117 Å². The van der Waals surface area contributed by atoms with Crippen molar-refractivity contribution in [2.75, 3.05) is 5.32 Å². The summed E-state index contributed by atoms with van der Waals surface area (Å²) in [7, 11) is 0. The minimum Gasteiger partial charge on any atom is -0.508 e. The lowest BCUT2D eigenvalue weighted by molar-refractivity contribution is 0.102. The van der Waals surface area contributed by atoms with Crippen molar-refractivity contribution >= 4 is 11.6 Å². The zero-order chi connectivity index (χ0) is 14.7. The molecule has 0 aliphatic heterocycles. The van der Waals surface area contributed by atoms with Gasteiger partial charge in [-0.05, 0) is 32.0 Å². The van der Waals surface area contributed by atoms with E-state index in [1.165, 1.54) is 6.07 Å². The second kappa shape index (κ2) is 5.75. The summed E-state index contributed by atoms with van der Waals surface area (Å²) in [6.45, 7) is 3.33. The smallest absolute Gasteiger partial charge is 0.256 e. The molecule has 0 saturated carbocycles. The summed E-state index contributed by atoms with van der Waals surface area (Å²) in [6.07, 6.45) is -0.670. The SMILES string of the molecule is Cc1c(O)cccc1C(=O)Nc1ccccc1C(C)O. The minimum absolute atomic E-state index is 0.0847. The summed E-state index contributed by atoms with van der Waals surface area (Å²) in [6, 6.07) is 11.9. The molecule has 2 aromatic rings. The van der Waals surface area contributed by atoms with Crippen molar-refractivity contribution in [2.45, 2.75) is 20.0 Å². The molecular weight excluding hydrogens is 254 g/mol. The molecule has 0 aliphatic carbocycles. The Morgan fingerprint density at radius 2 is 1.85 bits per heavy atom. The van der Waals surface area contributed by atoms with Gasteiger partial charge in [-0.1, -0.05) is 24.3 Å². The first-order chi connectivity index (χ1) is 9.50. The molecule has 2 rings (SSSR count). The number of aliphatic hydroxyl groups is 1. The first-order valence-electron chi connectivity index (χ1n) is 6.37. The second-order valence-corrected chi connectivity index (χ2v) is 4.67. The normalized spacial score (nSPS) is 11.9. The topological polar surface area (TPSA) is 69.6 Å². The molecule has 4 heteroatoms. The quantitative estimate of drug-likeness (QED) is 0.803. The predicted octanol–water partition coefficient (Wildman–Crippen LogP) is 3.01. The first kappa shape index (κ1) is 14.1. The fourth-order valence-electron chi connectivity index (χ4n) is 2.03. The molecule has 1 unspecified atom stereocenters. The summed E-state index contributed by atoms with van der Waals surface area (Å²) in [5.41, 5.74) is 2.15. The lowest BCUT2D eigenvalue weighted by atomic mass is 10.1. The summed E-state index contributed by atoms with van der Waals surface area (Å²) >= 11 is 0. The van der Waals surface area contributed by atoms with Gasteiger partial charge < -0.3 is 15.5 Å². The Balaban J connectivity index is 2.31. The number of rotatable bonds is 3. The Bertz CT molecular complexity index is 635. The number of aromatic hydroxyl groups is 1. The molecule has 0 aromatic heterocycles.